The molecule has 1 atom stereocenters. The lowest BCUT2D eigenvalue weighted by Gasteiger charge is -2.18. The zero-order valence-corrected chi connectivity index (χ0v) is 15.2. The van der Waals surface area contributed by atoms with Crippen LogP contribution in [0, 0.1) is 5.92 Å². The molecule has 2 aromatic carbocycles. The van der Waals surface area contributed by atoms with E-state index < -0.39 is 23.6 Å². The molecule has 1 saturated heterocycles. The smallest absolute Gasteiger partial charge is 0.324 e. The standard InChI is InChI=1S/C18H13Cl2F3N2O2/c19-12-6-5-11(18(21,22)23)8-14(12)24-17(27)10-7-16(26)25(9-10)15-4-2-1-3-13(15)20/h1-6,8,10H,7,9H2,(H,24,27)/t10-/m0/s1. The molecule has 1 fully saturated rings. The van der Waals surface area contributed by atoms with Crippen LogP contribution in [0.4, 0.5) is 24.5 Å². The molecule has 0 unspecified atom stereocenters. The third kappa shape index (κ3) is 4.20. The van der Waals surface area contributed by atoms with Crippen molar-refractivity contribution in [2.75, 3.05) is 16.8 Å². The number of halogens is 5. The van der Waals surface area contributed by atoms with Crippen molar-refractivity contribution in [1.82, 2.24) is 0 Å². The van der Waals surface area contributed by atoms with Crippen molar-refractivity contribution in [2.24, 2.45) is 5.92 Å². The number of alkyl halides is 3. The topological polar surface area (TPSA) is 49.4 Å². The van der Waals surface area contributed by atoms with Crippen LogP contribution in [0.1, 0.15) is 12.0 Å². The van der Waals surface area contributed by atoms with E-state index in [0.717, 1.165) is 18.2 Å². The first-order chi connectivity index (χ1) is 12.7. The van der Waals surface area contributed by atoms with Gasteiger partial charge in [-0.15, -0.1) is 0 Å². The van der Waals surface area contributed by atoms with Gasteiger partial charge in [0.25, 0.3) is 0 Å². The molecule has 1 aliphatic rings. The Morgan fingerprint density at radius 2 is 1.81 bits per heavy atom. The summed E-state index contributed by atoms with van der Waals surface area (Å²) in [5, 5.41) is 2.73. The largest absolute Gasteiger partial charge is 0.416 e. The van der Waals surface area contributed by atoms with E-state index in [9.17, 15) is 22.8 Å². The average molecular weight is 417 g/mol. The Bertz CT molecular complexity index is 902. The van der Waals surface area contributed by atoms with Gasteiger partial charge < -0.3 is 10.2 Å². The summed E-state index contributed by atoms with van der Waals surface area (Å²) in [5.41, 5.74) is -0.598. The van der Waals surface area contributed by atoms with Crippen LogP contribution in [0.5, 0.6) is 0 Å². The van der Waals surface area contributed by atoms with Crippen molar-refractivity contribution in [1.29, 1.82) is 0 Å². The molecule has 1 N–H and O–H groups in total. The predicted molar refractivity (Wildman–Crippen MR) is 97.0 cm³/mol. The van der Waals surface area contributed by atoms with Crippen LogP contribution < -0.4 is 10.2 Å². The number of anilines is 2. The Hall–Kier alpha value is -2.25. The highest BCUT2D eigenvalue weighted by atomic mass is 35.5. The van der Waals surface area contributed by atoms with Gasteiger partial charge in [0.15, 0.2) is 0 Å². The average Bonchev–Trinajstić information content (AvgIpc) is 2.98. The van der Waals surface area contributed by atoms with Gasteiger partial charge in [-0.2, -0.15) is 13.2 Å². The highest BCUT2D eigenvalue weighted by Crippen LogP contribution is 2.35. The fraction of sp³-hybridized carbons (Fsp3) is 0.222. The van der Waals surface area contributed by atoms with Crippen LogP contribution in [0.3, 0.4) is 0 Å². The Kier molecular flexibility index (Phi) is 5.35. The fourth-order valence-electron chi connectivity index (χ4n) is 2.82. The molecule has 2 amide bonds. The maximum Gasteiger partial charge on any atom is 0.416 e. The SMILES string of the molecule is O=C(Nc1cc(C(F)(F)F)ccc1Cl)[C@H]1CC(=O)N(c2ccccc2Cl)C1. The molecule has 0 radical (unpaired) electrons. The minimum absolute atomic E-state index is 0.0244. The number of nitrogens with zero attached hydrogens (tertiary/aromatic N) is 1. The molecular formula is C18H13Cl2F3N2O2. The number of amides is 2. The summed E-state index contributed by atoms with van der Waals surface area (Å²) in [6.45, 7) is 0.0744. The van der Waals surface area contributed by atoms with E-state index in [1.54, 1.807) is 24.3 Å². The van der Waals surface area contributed by atoms with Crippen molar-refractivity contribution >= 4 is 46.4 Å². The molecule has 4 nitrogen and oxygen atoms in total. The van der Waals surface area contributed by atoms with Gasteiger partial charge in [0.05, 0.1) is 32.9 Å². The van der Waals surface area contributed by atoms with Crippen molar-refractivity contribution in [3.05, 3.63) is 58.1 Å². The predicted octanol–water partition coefficient (Wildman–Crippen LogP) is 5.00. The number of carbonyl (C=O) groups is 2. The molecule has 0 aromatic heterocycles. The van der Waals surface area contributed by atoms with Crippen LogP contribution in [0.25, 0.3) is 0 Å². The molecule has 0 saturated carbocycles. The van der Waals surface area contributed by atoms with Crippen molar-refractivity contribution in [3.8, 4) is 0 Å². The summed E-state index contributed by atoms with van der Waals surface area (Å²) in [6, 6.07) is 9.37. The van der Waals surface area contributed by atoms with Crippen LogP contribution in [0.2, 0.25) is 10.0 Å². The summed E-state index contributed by atoms with van der Waals surface area (Å²) in [5.74, 6) is -1.61. The van der Waals surface area contributed by atoms with Gasteiger partial charge in [0, 0.05) is 13.0 Å². The first-order valence-corrected chi connectivity index (χ1v) is 8.65. The number of para-hydroxylation sites is 1. The monoisotopic (exact) mass is 416 g/mol. The lowest BCUT2D eigenvalue weighted by Crippen LogP contribution is -2.28. The number of carbonyl (C=O) groups excluding carboxylic acids is 2. The Balaban J connectivity index is 1.76. The quantitative estimate of drug-likeness (QED) is 0.764. The molecule has 1 heterocycles. The number of benzene rings is 2. The Morgan fingerprint density at radius 1 is 1.11 bits per heavy atom. The summed E-state index contributed by atoms with van der Waals surface area (Å²) >= 11 is 12.0. The van der Waals surface area contributed by atoms with Gasteiger partial charge in [-0.25, -0.2) is 0 Å². The first kappa shape index (κ1) is 19.5. The zero-order chi connectivity index (χ0) is 19.8. The van der Waals surface area contributed by atoms with Gasteiger partial charge in [0.1, 0.15) is 0 Å². The minimum Gasteiger partial charge on any atom is -0.324 e. The third-order valence-corrected chi connectivity index (χ3v) is 4.84. The van der Waals surface area contributed by atoms with Crippen molar-refractivity contribution < 1.29 is 22.8 Å². The van der Waals surface area contributed by atoms with Gasteiger partial charge in [-0.3, -0.25) is 9.59 Å². The second-order valence-electron chi connectivity index (χ2n) is 6.04. The molecular weight excluding hydrogens is 404 g/mol. The molecule has 1 aliphatic heterocycles. The first-order valence-electron chi connectivity index (χ1n) is 7.89. The molecule has 0 spiro atoms. The van der Waals surface area contributed by atoms with Gasteiger partial charge in [-0.05, 0) is 30.3 Å². The Labute approximate surface area is 162 Å². The van der Waals surface area contributed by atoms with E-state index in [4.69, 9.17) is 23.2 Å². The van der Waals surface area contributed by atoms with Crippen LogP contribution in [-0.4, -0.2) is 18.4 Å². The van der Waals surface area contributed by atoms with E-state index in [1.165, 1.54) is 4.90 Å². The number of rotatable bonds is 3. The molecule has 0 aliphatic carbocycles. The van der Waals surface area contributed by atoms with Gasteiger partial charge in [-0.1, -0.05) is 35.3 Å². The molecule has 2 aromatic rings. The zero-order valence-electron chi connectivity index (χ0n) is 13.7. The second kappa shape index (κ2) is 7.40. The fourth-order valence-corrected chi connectivity index (χ4v) is 3.22. The highest BCUT2D eigenvalue weighted by molar-refractivity contribution is 6.34. The number of hydrogen-bond acceptors (Lipinski definition) is 2. The van der Waals surface area contributed by atoms with E-state index in [1.807, 2.05) is 0 Å². The summed E-state index contributed by atoms with van der Waals surface area (Å²) < 4.78 is 38.5. The normalized spacial score (nSPS) is 17.3. The van der Waals surface area contributed by atoms with Crippen LogP contribution in [0.15, 0.2) is 42.5 Å². The summed E-state index contributed by atoms with van der Waals surface area (Å²) in [7, 11) is 0. The number of hydrogen-bond donors (Lipinski definition) is 1. The van der Waals surface area contributed by atoms with E-state index in [0.29, 0.717) is 10.7 Å². The molecule has 3 rings (SSSR count). The lowest BCUT2D eigenvalue weighted by molar-refractivity contribution is -0.137. The maximum atomic E-state index is 12.8. The highest BCUT2D eigenvalue weighted by Gasteiger charge is 2.36. The van der Waals surface area contributed by atoms with E-state index in [-0.39, 0.29) is 29.6 Å². The minimum atomic E-state index is -4.56. The molecule has 0 bridgehead atoms. The van der Waals surface area contributed by atoms with E-state index >= 15 is 0 Å². The molecule has 27 heavy (non-hydrogen) atoms. The van der Waals surface area contributed by atoms with Crippen LogP contribution in [-0.2, 0) is 15.8 Å². The summed E-state index contributed by atoms with van der Waals surface area (Å²) in [4.78, 5) is 26.1. The molecule has 9 heteroatoms. The third-order valence-electron chi connectivity index (χ3n) is 4.19. The van der Waals surface area contributed by atoms with Crippen molar-refractivity contribution in [3.63, 3.8) is 0 Å². The Morgan fingerprint density at radius 3 is 2.48 bits per heavy atom. The van der Waals surface area contributed by atoms with Gasteiger partial charge in [0.2, 0.25) is 11.8 Å². The van der Waals surface area contributed by atoms with E-state index in [2.05, 4.69) is 5.32 Å². The number of nitrogens with one attached hydrogen (secondary N) is 1. The van der Waals surface area contributed by atoms with Gasteiger partial charge >= 0.3 is 6.18 Å². The maximum absolute atomic E-state index is 12.8. The molecule has 142 valence electrons. The summed E-state index contributed by atoms with van der Waals surface area (Å²) in [6.07, 6.45) is -4.64. The lowest BCUT2D eigenvalue weighted by atomic mass is 10.1. The van der Waals surface area contributed by atoms with Crippen molar-refractivity contribution in [2.45, 2.75) is 12.6 Å². The second-order valence-corrected chi connectivity index (χ2v) is 6.85. The van der Waals surface area contributed by atoms with Crippen LogP contribution >= 0.6 is 23.2 Å².